The van der Waals surface area contributed by atoms with Gasteiger partial charge in [0.1, 0.15) is 5.52 Å². The average molecular weight is 275 g/mol. The summed E-state index contributed by atoms with van der Waals surface area (Å²) in [6.45, 7) is 2.45. The van der Waals surface area contributed by atoms with Crippen LogP contribution in [0.2, 0.25) is 0 Å². The van der Waals surface area contributed by atoms with Gasteiger partial charge in [0.25, 0.3) is 5.56 Å². The molecule has 3 heterocycles. The van der Waals surface area contributed by atoms with E-state index in [4.69, 9.17) is 0 Å². The molecule has 20 heavy (non-hydrogen) atoms. The molecule has 7 nitrogen and oxygen atoms in total. The van der Waals surface area contributed by atoms with Gasteiger partial charge in [-0.2, -0.15) is 5.10 Å². The summed E-state index contributed by atoms with van der Waals surface area (Å²) in [6.07, 6.45) is 3.58. The van der Waals surface area contributed by atoms with E-state index in [9.17, 15) is 9.59 Å². The Balaban J connectivity index is 2.01. The smallest absolute Gasteiger partial charge is 0.279 e. The quantitative estimate of drug-likeness (QED) is 0.853. The number of aryl methyl sites for hydroxylation is 2. The van der Waals surface area contributed by atoms with E-state index in [0.717, 1.165) is 18.5 Å². The lowest BCUT2D eigenvalue weighted by molar-refractivity contribution is -0.119. The van der Waals surface area contributed by atoms with Crippen LogP contribution in [0.1, 0.15) is 25.5 Å². The van der Waals surface area contributed by atoms with Crippen LogP contribution in [0.5, 0.6) is 0 Å². The number of aromatic nitrogens is 4. The molecular formula is C13H17N5O2. The molecule has 106 valence electrons. The van der Waals surface area contributed by atoms with E-state index in [-0.39, 0.29) is 17.5 Å². The number of hydrogen-bond donors (Lipinski definition) is 1. The first-order valence-corrected chi connectivity index (χ1v) is 6.80. The maximum absolute atomic E-state index is 12.5. The van der Waals surface area contributed by atoms with Gasteiger partial charge in [-0.3, -0.25) is 18.8 Å². The first-order valence-electron chi connectivity index (χ1n) is 6.80. The zero-order chi connectivity index (χ0) is 14.3. The number of nitrogens with zero attached hydrogens (tertiary/aromatic N) is 4. The monoisotopic (exact) mass is 275 g/mol. The highest BCUT2D eigenvalue weighted by Crippen LogP contribution is 2.13. The predicted octanol–water partition coefficient (Wildman–Crippen LogP) is -0.0290. The Morgan fingerprint density at radius 2 is 2.25 bits per heavy atom. The van der Waals surface area contributed by atoms with Crippen LogP contribution in [-0.2, 0) is 24.8 Å². The van der Waals surface area contributed by atoms with Gasteiger partial charge < -0.3 is 5.32 Å². The summed E-state index contributed by atoms with van der Waals surface area (Å²) in [7, 11) is 1.76. The highest BCUT2D eigenvalue weighted by Gasteiger charge is 2.22. The van der Waals surface area contributed by atoms with Crippen molar-refractivity contribution in [2.75, 3.05) is 0 Å². The number of fused-ring (bicyclic) bond motifs is 1. The fourth-order valence-electron chi connectivity index (χ4n) is 2.68. The second-order valence-corrected chi connectivity index (χ2v) is 5.13. The number of nitrogens with one attached hydrogen (secondary N) is 1. The molecule has 1 N–H and O–H groups in total. The molecule has 0 aromatic carbocycles. The lowest BCUT2D eigenvalue weighted by Gasteiger charge is -2.11. The van der Waals surface area contributed by atoms with Crippen LogP contribution in [0.4, 0.5) is 0 Å². The fourth-order valence-corrected chi connectivity index (χ4v) is 2.68. The maximum Gasteiger partial charge on any atom is 0.279 e. The number of carbonyl (C=O) groups excluding carboxylic acids is 1. The van der Waals surface area contributed by atoms with Gasteiger partial charge in [-0.05, 0) is 12.8 Å². The summed E-state index contributed by atoms with van der Waals surface area (Å²) < 4.78 is 3.15. The topological polar surface area (TPSA) is 81.8 Å². The number of carbonyl (C=O) groups is 1. The first kappa shape index (κ1) is 12.8. The van der Waals surface area contributed by atoms with Crippen LogP contribution in [0.3, 0.4) is 0 Å². The fraction of sp³-hybridized carbons (Fsp3) is 0.538. The molecule has 0 aliphatic carbocycles. The molecule has 2 aromatic rings. The Morgan fingerprint density at radius 1 is 1.45 bits per heavy atom. The molecule has 3 rings (SSSR count). The van der Waals surface area contributed by atoms with Crippen molar-refractivity contribution in [2.24, 2.45) is 7.05 Å². The Bertz CT molecular complexity index is 730. The molecule has 1 saturated heterocycles. The van der Waals surface area contributed by atoms with Crippen molar-refractivity contribution in [1.82, 2.24) is 24.6 Å². The van der Waals surface area contributed by atoms with Crippen LogP contribution in [-0.4, -0.2) is 31.3 Å². The summed E-state index contributed by atoms with van der Waals surface area (Å²) in [5.74, 6) is 0.0471. The molecular weight excluding hydrogens is 258 g/mol. The van der Waals surface area contributed by atoms with Gasteiger partial charge >= 0.3 is 0 Å². The first-order chi connectivity index (χ1) is 9.60. The van der Waals surface area contributed by atoms with Crippen molar-refractivity contribution in [2.45, 2.75) is 38.8 Å². The highest BCUT2D eigenvalue weighted by atomic mass is 16.2. The van der Waals surface area contributed by atoms with E-state index in [0.29, 0.717) is 24.0 Å². The minimum absolute atomic E-state index is 0.0123. The number of hydrogen-bond acceptors (Lipinski definition) is 4. The largest absolute Gasteiger partial charge is 0.352 e. The van der Waals surface area contributed by atoms with Crippen molar-refractivity contribution in [1.29, 1.82) is 0 Å². The normalized spacial score (nSPS) is 18.7. The molecule has 1 aliphatic heterocycles. The van der Waals surface area contributed by atoms with E-state index in [1.165, 1.54) is 0 Å². The maximum atomic E-state index is 12.5. The van der Waals surface area contributed by atoms with Gasteiger partial charge in [0, 0.05) is 26.1 Å². The zero-order valence-electron chi connectivity index (χ0n) is 11.6. The van der Waals surface area contributed by atoms with Crippen LogP contribution in [0.25, 0.3) is 11.0 Å². The van der Waals surface area contributed by atoms with Gasteiger partial charge in [0.2, 0.25) is 5.91 Å². The molecule has 0 spiro atoms. The Labute approximate surface area is 115 Å². The molecule has 1 fully saturated rings. The number of amides is 1. The van der Waals surface area contributed by atoms with Gasteiger partial charge in [-0.15, -0.1) is 0 Å². The van der Waals surface area contributed by atoms with E-state index in [1.54, 1.807) is 22.6 Å². The van der Waals surface area contributed by atoms with Gasteiger partial charge in [0.15, 0.2) is 5.52 Å². The van der Waals surface area contributed by atoms with E-state index >= 15 is 0 Å². The van der Waals surface area contributed by atoms with Gasteiger partial charge in [-0.1, -0.05) is 6.92 Å². The van der Waals surface area contributed by atoms with Crippen LogP contribution in [0, 0.1) is 0 Å². The second kappa shape index (κ2) is 4.73. The van der Waals surface area contributed by atoms with E-state index in [1.807, 2.05) is 6.92 Å². The minimum Gasteiger partial charge on any atom is -0.352 e. The van der Waals surface area contributed by atoms with Crippen molar-refractivity contribution in [3.05, 3.63) is 22.4 Å². The SMILES string of the molecule is CCc1nn(C)c2c(=O)n(CC3CCC(=O)N3)cnc12. The lowest BCUT2D eigenvalue weighted by atomic mass is 10.2. The standard InChI is InChI=1S/C13H17N5O2/c1-3-9-11-12(17(2)16-9)13(20)18(7-14-11)6-8-4-5-10(19)15-8/h7-8H,3-6H2,1-2H3,(H,15,19). The molecule has 1 aliphatic rings. The van der Waals surface area contributed by atoms with E-state index in [2.05, 4.69) is 15.4 Å². The molecule has 1 amide bonds. The molecule has 0 bridgehead atoms. The zero-order valence-corrected chi connectivity index (χ0v) is 11.6. The summed E-state index contributed by atoms with van der Waals surface area (Å²) in [5, 5.41) is 7.18. The Morgan fingerprint density at radius 3 is 2.90 bits per heavy atom. The van der Waals surface area contributed by atoms with Crippen molar-refractivity contribution in [3.8, 4) is 0 Å². The third kappa shape index (κ3) is 1.99. The average Bonchev–Trinajstić information content (AvgIpc) is 2.97. The Kier molecular flexibility index (Phi) is 3.04. The third-order valence-corrected chi connectivity index (χ3v) is 3.72. The van der Waals surface area contributed by atoms with E-state index < -0.39 is 0 Å². The Hall–Kier alpha value is -2.18. The highest BCUT2D eigenvalue weighted by molar-refractivity contribution is 5.78. The van der Waals surface area contributed by atoms with Crippen LogP contribution >= 0.6 is 0 Å². The summed E-state index contributed by atoms with van der Waals surface area (Å²) in [5.41, 5.74) is 1.92. The van der Waals surface area contributed by atoms with Crippen LogP contribution in [0.15, 0.2) is 11.1 Å². The lowest BCUT2D eigenvalue weighted by Crippen LogP contribution is -2.34. The molecule has 1 atom stereocenters. The van der Waals surface area contributed by atoms with Gasteiger partial charge in [0.05, 0.1) is 12.0 Å². The summed E-state index contributed by atoms with van der Waals surface area (Å²) in [4.78, 5) is 28.1. The molecule has 0 radical (unpaired) electrons. The minimum atomic E-state index is -0.106. The third-order valence-electron chi connectivity index (χ3n) is 3.72. The van der Waals surface area contributed by atoms with Gasteiger partial charge in [-0.25, -0.2) is 4.98 Å². The molecule has 7 heteroatoms. The van der Waals surface area contributed by atoms with Crippen molar-refractivity contribution in [3.63, 3.8) is 0 Å². The second-order valence-electron chi connectivity index (χ2n) is 5.13. The molecule has 1 unspecified atom stereocenters. The van der Waals surface area contributed by atoms with Crippen LogP contribution < -0.4 is 10.9 Å². The summed E-state index contributed by atoms with van der Waals surface area (Å²) in [6, 6.07) is 0.0123. The van der Waals surface area contributed by atoms with Crippen molar-refractivity contribution < 1.29 is 4.79 Å². The summed E-state index contributed by atoms with van der Waals surface area (Å²) >= 11 is 0. The molecule has 0 saturated carbocycles. The van der Waals surface area contributed by atoms with Crippen molar-refractivity contribution >= 4 is 16.9 Å². The molecule has 2 aromatic heterocycles. The number of rotatable bonds is 3. The predicted molar refractivity (Wildman–Crippen MR) is 73.3 cm³/mol.